The van der Waals surface area contributed by atoms with Crippen LogP contribution in [0.2, 0.25) is 0 Å². The number of rotatable bonds is 9. The van der Waals surface area contributed by atoms with Gasteiger partial charge in [-0.3, -0.25) is 19.2 Å². The van der Waals surface area contributed by atoms with E-state index in [0.717, 1.165) is 91.6 Å². The summed E-state index contributed by atoms with van der Waals surface area (Å²) in [4.78, 5) is 46.7. The number of carbonyl (C=O) groups is 4. The van der Waals surface area contributed by atoms with Crippen molar-refractivity contribution < 1.29 is 19.2 Å². The highest BCUT2D eigenvalue weighted by Crippen LogP contribution is 2.51. The van der Waals surface area contributed by atoms with Crippen molar-refractivity contribution in [3.8, 4) is 55.6 Å². The highest BCUT2D eigenvalue weighted by atomic mass is 16.1. The van der Waals surface area contributed by atoms with Crippen LogP contribution in [0.1, 0.15) is 41.4 Å². The molecule has 0 spiro atoms. The first-order valence-corrected chi connectivity index (χ1v) is 15.5. The van der Waals surface area contributed by atoms with Crippen LogP contribution in [-0.4, -0.2) is 25.1 Å². The van der Waals surface area contributed by atoms with Crippen LogP contribution >= 0.6 is 0 Å². The van der Waals surface area contributed by atoms with Crippen LogP contribution < -0.4 is 0 Å². The van der Waals surface area contributed by atoms with Crippen LogP contribution in [0, 0.1) is 0 Å². The van der Waals surface area contributed by atoms with Crippen LogP contribution in [0.5, 0.6) is 0 Å². The van der Waals surface area contributed by atoms with E-state index >= 15 is 0 Å². The lowest BCUT2D eigenvalue weighted by Gasteiger charge is -2.25. The van der Waals surface area contributed by atoms with E-state index in [1.165, 1.54) is 0 Å². The molecular formula is C44H28O4. The van der Waals surface area contributed by atoms with Crippen LogP contribution in [0.3, 0.4) is 0 Å². The van der Waals surface area contributed by atoms with Gasteiger partial charge in [0.05, 0.1) is 0 Å². The van der Waals surface area contributed by atoms with Gasteiger partial charge in [-0.1, -0.05) is 140 Å². The summed E-state index contributed by atoms with van der Waals surface area (Å²) in [5.41, 5.74) is 11.6. The van der Waals surface area contributed by atoms with Crippen LogP contribution in [0.25, 0.3) is 66.4 Å². The van der Waals surface area contributed by atoms with E-state index in [-0.39, 0.29) is 0 Å². The molecule has 0 radical (unpaired) electrons. The van der Waals surface area contributed by atoms with Crippen molar-refractivity contribution in [1.29, 1.82) is 0 Å². The summed E-state index contributed by atoms with van der Waals surface area (Å²) in [6.07, 6.45) is 3.32. The van der Waals surface area contributed by atoms with Crippen molar-refractivity contribution in [3.05, 3.63) is 168 Å². The van der Waals surface area contributed by atoms with E-state index in [1.807, 2.05) is 97.1 Å². The number of aldehydes is 4. The molecule has 48 heavy (non-hydrogen) atoms. The molecule has 0 unspecified atom stereocenters. The molecule has 0 heterocycles. The maximum absolute atomic E-state index is 11.7. The van der Waals surface area contributed by atoms with Crippen molar-refractivity contribution in [2.45, 2.75) is 0 Å². The summed E-state index contributed by atoms with van der Waals surface area (Å²) in [5.74, 6) is 0. The minimum Gasteiger partial charge on any atom is -0.298 e. The second kappa shape index (κ2) is 13.1. The molecule has 0 amide bonds. The minimum absolute atomic E-state index is 0.558. The lowest BCUT2D eigenvalue weighted by molar-refractivity contribution is 0.111. The number of carbonyl (C=O) groups excluding carboxylic acids is 4. The van der Waals surface area contributed by atoms with Gasteiger partial charge in [0.25, 0.3) is 0 Å². The molecule has 0 aliphatic rings. The molecule has 0 N–H and O–H groups in total. The predicted molar refractivity (Wildman–Crippen MR) is 193 cm³/mol. The van der Waals surface area contributed by atoms with E-state index in [4.69, 9.17) is 0 Å². The number of hydrogen-bond acceptors (Lipinski definition) is 4. The fourth-order valence-electron chi connectivity index (χ4n) is 6.40. The van der Waals surface area contributed by atoms with E-state index in [0.29, 0.717) is 22.3 Å². The van der Waals surface area contributed by atoms with Gasteiger partial charge >= 0.3 is 0 Å². The third-order valence-electron chi connectivity index (χ3n) is 8.77. The summed E-state index contributed by atoms with van der Waals surface area (Å²) in [6.45, 7) is 0. The molecule has 7 aromatic carbocycles. The van der Waals surface area contributed by atoms with Gasteiger partial charge < -0.3 is 0 Å². The van der Waals surface area contributed by atoms with Gasteiger partial charge in [0.15, 0.2) is 0 Å². The van der Waals surface area contributed by atoms with E-state index in [2.05, 4.69) is 36.4 Å². The average Bonchev–Trinajstić information content (AvgIpc) is 3.17. The second-order valence-electron chi connectivity index (χ2n) is 11.6. The highest BCUT2D eigenvalue weighted by Gasteiger charge is 2.24. The zero-order chi connectivity index (χ0) is 33.0. The van der Waals surface area contributed by atoms with Gasteiger partial charge in [-0.2, -0.15) is 0 Å². The zero-order valence-corrected chi connectivity index (χ0v) is 25.8. The second-order valence-corrected chi connectivity index (χ2v) is 11.6. The smallest absolute Gasteiger partial charge is 0.150 e. The molecular weight excluding hydrogens is 592 g/mol. The summed E-state index contributed by atoms with van der Waals surface area (Å²) < 4.78 is 0. The van der Waals surface area contributed by atoms with E-state index < -0.39 is 0 Å². The Morgan fingerprint density at radius 2 is 0.708 bits per heavy atom. The van der Waals surface area contributed by atoms with Gasteiger partial charge in [-0.15, -0.1) is 0 Å². The highest BCUT2D eigenvalue weighted by molar-refractivity contribution is 6.11. The van der Waals surface area contributed by atoms with Gasteiger partial charge in [0, 0.05) is 22.3 Å². The summed E-state index contributed by atoms with van der Waals surface area (Å²) >= 11 is 0. The van der Waals surface area contributed by atoms with Gasteiger partial charge in [-0.05, 0) is 72.5 Å². The Balaban J connectivity index is 1.70. The van der Waals surface area contributed by atoms with E-state index in [9.17, 15) is 19.2 Å². The fourth-order valence-corrected chi connectivity index (χ4v) is 6.40. The average molecular weight is 621 g/mol. The molecule has 0 saturated carbocycles. The quantitative estimate of drug-likeness (QED) is 0.151. The topological polar surface area (TPSA) is 68.3 Å². The maximum Gasteiger partial charge on any atom is 0.150 e. The lowest BCUT2D eigenvalue weighted by atomic mass is 9.78. The van der Waals surface area contributed by atoms with Crippen molar-refractivity contribution in [1.82, 2.24) is 0 Å². The Hall–Kier alpha value is -6.52. The Labute approximate surface area is 278 Å². The number of hydrogen-bond donors (Lipinski definition) is 0. The number of fused-ring (bicyclic) bond motifs is 1. The first-order chi connectivity index (χ1) is 23.6. The minimum atomic E-state index is 0.558. The molecule has 0 aliphatic heterocycles. The first kappa shape index (κ1) is 30.2. The molecule has 4 nitrogen and oxygen atoms in total. The summed E-state index contributed by atoms with van der Waals surface area (Å²) in [6, 6.07) is 46.9. The van der Waals surface area contributed by atoms with Gasteiger partial charge in [0.2, 0.25) is 0 Å². The standard InChI is InChI=1S/C44H28O4/c45-25-29-8-16-34(17-9-29)40-24-41(39-7-3-5-33-4-1-2-6-38(33)39)43(36-20-12-31(27-47)13-21-36)44(37-22-14-32(28-48)15-23-37)42(40)35-18-10-30(26-46)11-19-35/h1-28H. The maximum atomic E-state index is 11.7. The van der Waals surface area contributed by atoms with E-state index in [1.54, 1.807) is 12.1 Å². The van der Waals surface area contributed by atoms with Crippen LogP contribution in [-0.2, 0) is 0 Å². The van der Waals surface area contributed by atoms with Crippen molar-refractivity contribution in [2.24, 2.45) is 0 Å². The van der Waals surface area contributed by atoms with Crippen LogP contribution in [0.15, 0.2) is 146 Å². The van der Waals surface area contributed by atoms with Gasteiger partial charge in [-0.25, -0.2) is 0 Å². The molecule has 0 atom stereocenters. The summed E-state index contributed by atoms with van der Waals surface area (Å²) in [7, 11) is 0. The molecule has 0 aromatic heterocycles. The predicted octanol–water partition coefficient (Wildman–Crippen LogP) is 10.4. The monoisotopic (exact) mass is 620 g/mol. The summed E-state index contributed by atoms with van der Waals surface area (Å²) in [5, 5.41) is 2.18. The Morgan fingerprint density at radius 1 is 0.312 bits per heavy atom. The SMILES string of the molecule is O=Cc1ccc(-c2cc(-c3cccc4ccccc34)c(-c3ccc(C=O)cc3)c(-c3ccc(C=O)cc3)c2-c2ccc(C=O)cc2)cc1. The fraction of sp³-hybridized carbons (Fsp3) is 0. The lowest BCUT2D eigenvalue weighted by Crippen LogP contribution is -1.99. The third-order valence-corrected chi connectivity index (χ3v) is 8.77. The van der Waals surface area contributed by atoms with Crippen molar-refractivity contribution in [3.63, 3.8) is 0 Å². The Morgan fingerprint density at radius 3 is 1.19 bits per heavy atom. The zero-order valence-electron chi connectivity index (χ0n) is 25.8. The molecule has 7 aromatic rings. The van der Waals surface area contributed by atoms with Crippen LogP contribution in [0.4, 0.5) is 0 Å². The molecule has 7 rings (SSSR count). The Bertz CT molecular complexity index is 2310. The normalized spacial score (nSPS) is 10.8. The third kappa shape index (κ3) is 5.57. The molecule has 0 aliphatic carbocycles. The molecule has 0 saturated heterocycles. The molecule has 0 bridgehead atoms. The van der Waals surface area contributed by atoms with Gasteiger partial charge in [0.1, 0.15) is 25.1 Å². The molecule has 0 fully saturated rings. The first-order valence-electron chi connectivity index (χ1n) is 15.5. The van der Waals surface area contributed by atoms with Crippen molar-refractivity contribution in [2.75, 3.05) is 0 Å². The molecule has 228 valence electrons. The Kier molecular flexibility index (Phi) is 8.21. The molecule has 4 heteroatoms. The van der Waals surface area contributed by atoms with Crippen molar-refractivity contribution >= 4 is 35.9 Å². The number of benzene rings is 7. The largest absolute Gasteiger partial charge is 0.298 e.